The Morgan fingerprint density at radius 1 is 1.28 bits per heavy atom. The van der Waals surface area contributed by atoms with Crippen LogP contribution in [-0.2, 0) is 14.8 Å². The Balaban J connectivity index is 0.00000289. The van der Waals surface area contributed by atoms with Crippen LogP contribution in [0.4, 0.5) is 11.4 Å². The fourth-order valence-corrected chi connectivity index (χ4v) is 1.80. The first kappa shape index (κ1) is 16.7. The average Bonchev–Trinajstić information content (AvgIpc) is 2.19. The molecule has 0 aliphatic rings. The summed E-state index contributed by atoms with van der Waals surface area (Å²) >= 11 is 0. The summed E-state index contributed by atoms with van der Waals surface area (Å²) < 4.78 is 24.6. The Kier molecular flexibility index (Phi) is 6.67. The van der Waals surface area contributed by atoms with E-state index in [0.29, 0.717) is 11.4 Å². The molecule has 0 saturated heterocycles. The van der Waals surface area contributed by atoms with Gasteiger partial charge < -0.3 is 11.1 Å². The van der Waals surface area contributed by atoms with E-state index >= 15 is 0 Å². The minimum Gasteiger partial charge on any atom is -0.330 e. The standard InChI is InChI=1S/C10H15N3O3S.ClH/c1-17(15,16)13-9-5-3-2-4-8(9)12-10(14)6-7-11;/h2-5,13H,6-7,11H2,1H3,(H,12,14);1H. The summed E-state index contributed by atoms with van der Waals surface area (Å²) in [5.74, 6) is -0.254. The first-order valence-corrected chi connectivity index (χ1v) is 6.88. The van der Waals surface area contributed by atoms with Crippen LogP contribution in [-0.4, -0.2) is 27.1 Å². The largest absolute Gasteiger partial charge is 0.330 e. The van der Waals surface area contributed by atoms with E-state index in [2.05, 4.69) is 10.0 Å². The van der Waals surface area contributed by atoms with Crippen molar-refractivity contribution in [1.82, 2.24) is 0 Å². The number of sulfonamides is 1. The molecule has 0 radical (unpaired) electrons. The summed E-state index contributed by atoms with van der Waals surface area (Å²) in [6, 6.07) is 6.55. The molecule has 1 rings (SSSR count). The molecule has 0 fully saturated rings. The fraction of sp³-hybridized carbons (Fsp3) is 0.300. The number of amides is 1. The lowest BCUT2D eigenvalue weighted by Crippen LogP contribution is -2.18. The molecule has 1 aromatic carbocycles. The van der Waals surface area contributed by atoms with E-state index in [0.717, 1.165) is 6.26 Å². The highest BCUT2D eigenvalue weighted by molar-refractivity contribution is 7.92. The topological polar surface area (TPSA) is 101 Å². The van der Waals surface area contributed by atoms with E-state index in [-0.39, 0.29) is 31.3 Å². The molecule has 8 heteroatoms. The summed E-state index contributed by atoms with van der Waals surface area (Å²) in [4.78, 5) is 11.4. The summed E-state index contributed by atoms with van der Waals surface area (Å²) in [5.41, 5.74) is 6.00. The van der Waals surface area contributed by atoms with Crippen LogP contribution in [0.15, 0.2) is 24.3 Å². The Hall–Kier alpha value is -1.31. The zero-order valence-electron chi connectivity index (χ0n) is 9.84. The molecule has 4 N–H and O–H groups in total. The number of nitrogens with one attached hydrogen (secondary N) is 2. The Morgan fingerprint density at radius 3 is 2.33 bits per heavy atom. The second kappa shape index (κ2) is 7.20. The predicted molar refractivity (Wildman–Crippen MR) is 74.5 cm³/mol. The van der Waals surface area contributed by atoms with Crippen molar-refractivity contribution in [1.29, 1.82) is 0 Å². The Bertz CT molecular complexity index is 505. The van der Waals surface area contributed by atoms with Crippen molar-refractivity contribution < 1.29 is 13.2 Å². The SMILES string of the molecule is CS(=O)(=O)Nc1ccccc1NC(=O)CCN.Cl. The van der Waals surface area contributed by atoms with Gasteiger partial charge >= 0.3 is 0 Å². The number of nitrogens with two attached hydrogens (primary N) is 1. The van der Waals surface area contributed by atoms with Gasteiger partial charge in [-0.3, -0.25) is 9.52 Å². The average molecular weight is 294 g/mol. The van der Waals surface area contributed by atoms with Gasteiger partial charge in [0.25, 0.3) is 0 Å². The number of para-hydroxylation sites is 2. The van der Waals surface area contributed by atoms with E-state index < -0.39 is 10.0 Å². The fourth-order valence-electron chi connectivity index (χ4n) is 1.22. The van der Waals surface area contributed by atoms with Gasteiger partial charge in [0.2, 0.25) is 15.9 Å². The molecule has 6 nitrogen and oxygen atoms in total. The van der Waals surface area contributed by atoms with Crippen molar-refractivity contribution >= 4 is 39.7 Å². The van der Waals surface area contributed by atoms with Crippen molar-refractivity contribution in [2.75, 3.05) is 22.8 Å². The molecule has 0 spiro atoms. The second-order valence-electron chi connectivity index (χ2n) is 3.51. The highest BCUT2D eigenvalue weighted by atomic mass is 35.5. The van der Waals surface area contributed by atoms with Crippen molar-refractivity contribution in [3.8, 4) is 0 Å². The number of rotatable bonds is 5. The molecule has 1 amide bonds. The maximum Gasteiger partial charge on any atom is 0.229 e. The molecular weight excluding hydrogens is 278 g/mol. The number of halogens is 1. The molecule has 0 aliphatic heterocycles. The van der Waals surface area contributed by atoms with Crippen molar-refractivity contribution in [3.05, 3.63) is 24.3 Å². The van der Waals surface area contributed by atoms with Crippen LogP contribution < -0.4 is 15.8 Å². The van der Waals surface area contributed by atoms with Gasteiger partial charge in [-0.25, -0.2) is 8.42 Å². The van der Waals surface area contributed by atoms with Crippen LogP contribution in [0.2, 0.25) is 0 Å². The molecule has 0 aliphatic carbocycles. The molecule has 102 valence electrons. The smallest absolute Gasteiger partial charge is 0.229 e. The number of hydrogen-bond acceptors (Lipinski definition) is 4. The minimum atomic E-state index is -3.37. The lowest BCUT2D eigenvalue weighted by Gasteiger charge is -2.11. The molecule has 0 aromatic heterocycles. The molecule has 0 heterocycles. The van der Waals surface area contributed by atoms with Crippen LogP contribution in [0.25, 0.3) is 0 Å². The first-order valence-electron chi connectivity index (χ1n) is 4.99. The van der Waals surface area contributed by atoms with Gasteiger partial charge in [-0.05, 0) is 12.1 Å². The lowest BCUT2D eigenvalue weighted by atomic mass is 10.2. The number of carbonyl (C=O) groups excluding carboxylic acids is 1. The summed E-state index contributed by atoms with van der Waals surface area (Å²) in [5, 5.41) is 2.59. The molecular formula is C10H16ClN3O3S. The van der Waals surface area contributed by atoms with Crippen molar-refractivity contribution in [2.24, 2.45) is 5.73 Å². The third-order valence-electron chi connectivity index (χ3n) is 1.87. The molecule has 0 saturated carbocycles. The van der Waals surface area contributed by atoms with E-state index in [1.54, 1.807) is 24.3 Å². The normalized spacial score (nSPS) is 10.3. The quantitative estimate of drug-likeness (QED) is 0.746. The van der Waals surface area contributed by atoms with Crippen LogP contribution in [0.3, 0.4) is 0 Å². The highest BCUT2D eigenvalue weighted by Gasteiger charge is 2.08. The third-order valence-corrected chi connectivity index (χ3v) is 2.46. The monoisotopic (exact) mass is 293 g/mol. The van der Waals surface area contributed by atoms with Gasteiger partial charge in [-0.2, -0.15) is 0 Å². The van der Waals surface area contributed by atoms with Crippen LogP contribution in [0.1, 0.15) is 6.42 Å². The zero-order valence-corrected chi connectivity index (χ0v) is 11.5. The van der Waals surface area contributed by atoms with Gasteiger partial charge in [0.1, 0.15) is 0 Å². The van der Waals surface area contributed by atoms with E-state index in [1.807, 2.05) is 0 Å². The second-order valence-corrected chi connectivity index (χ2v) is 5.26. The van der Waals surface area contributed by atoms with Gasteiger partial charge in [0.15, 0.2) is 0 Å². The summed E-state index contributed by atoms with van der Waals surface area (Å²) in [6.07, 6.45) is 1.23. The zero-order chi connectivity index (χ0) is 12.9. The van der Waals surface area contributed by atoms with E-state index in [1.165, 1.54) is 0 Å². The number of benzene rings is 1. The maximum absolute atomic E-state index is 11.4. The molecule has 18 heavy (non-hydrogen) atoms. The van der Waals surface area contributed by atoms with E-state index in [4.69, 9.17) is 5.73 Å². The lowest BCUT2D eigenvalue weighted by molar-refractivity contribution is -0.116. The molecule has 0 unspecified atom stereocenters. The molecule has 1 aromatic rings. The third kappa shape index (κ3) is 5.85. The molecule has 0 atom stereocenters. The van der Waals surface area contributed by atoms with Crippen molar-refractivity contribution in [3.63, 3.8) is 0 Å². The molecule has 0 bridgehead atoms. The van der Waals surface area contributed by atoms with Gasteiger partial charge in [-0.1, -0.05) is 12.1 Å². The van der Waals surface area contributed by atoms with Crippen LogP contribution >= 0.6 is 12.4 Å². The Labute approximate surface area is 112 Å². The first-order chi connectivity index (χ1) is 7.92. The van der Waals surface area contributed by atoms with Gasteiger partial charge in [-0.15, -0.1) is 12.4 Å². The van der Waals surface area contributed by atoms with E-state index in [9.17, 15) is 13.2 Å². The maximum atomic E-state index is 11.4. The predicted octanol–water partition coefficient (Wildman–Crippen LogP) is 0.767. The van der Waals surface area contributed by atoms with Gasteiger partial charge in [0.05, 0.1) is 17.6 Å². The van der Waals surface area contributed by atoms with Crippen LogP contribution in [0, 0.1) is 0 Å². The number of hydrogen-bond donors (Lipinski definition) is 3. The highest BCUT2D eigenvalue weighted by Crippen LogP contribution is 2.21. The van der Waals surface area contributed by atoms with Crippen molar-refractivity contribution in [2.45, 2.75) is 6.42 Å². The Morgan fingerprint density at radius 2 is 1.83 bits per heavy atom. The van der Waals surface area contributed by atoms with Gasteiger partial charge in [0, 0.05) is 13.0 Å². The van der Waals surface area contributed by atoms with Crippen LogP contribution in [0.5, 0.6) is 0 Å². The summed E-state index contributed by atoms with van der Waals surface area (Å²) in [6.45, 7) is 0.244. The number of anilines is 2. The minimum absolute atomic E-state index is 0. The summed E-state index contributed by atoms with van der Waals surface area (Å²) in [7, 11) is -3.37. The number of carbonyl (C=O) groups is 1.